The number of hydrogen-bond acceptors (Lipinski definition) is 3. The van der Waals surface area contributed by atoms with E-state index in [1.807, 2.05) is 84.9 Å². The smallest absolute Gasteiger partial charge is 0.317 e. The summed E-state index contributed by atoms with van der Waals surface area (Å²) in [5.74, 6) is 0.0346. The van der Waals surface area contributed by atoms with Gasteiger partial charge in [0.25, 0.3) is 5.91 Å². The molecule has 2 aliphatic rings. The fraction of sp³-hybridized carbons (Fsp3) is 0.300. The number of anilines is 1. The number of carbonyl (C=O) groups is 2. The topological polar surface area (TPSA) is 73.8 Å². The van der Waals surface area contributed by atoms with E-state index in [9.17, 15) is 9.59 Å². The van der Waals surface area contributed by atoms with E-state index in [1.165, 1.54) is 6.42 Å². The van der Waals surface area contributed by atoms with E-state index in [1.54, 1.807) is 11.9 Å². The van der Waals surface area contributed by atoms with Crippen molar-refractivity contribution in [3.8, 4) is 0 Å². The Labute approximate surface area is 212 Å². The van der Waals surface area contributed by atoms with Crippen molar-refractivity contribution in [3.63, 3.8) is 0 Å². The van der Waals surface area contributed by atoms with Gasteiger partial charge < -0.3 is 15.5 Å². The molecule has 3 aromatic carbocycles. The lowest BCUT2D eigenvalue weighted by Gasteiger charge is -2.25. The van der Waals surface area contributed by atoms with E-state index in [4.69, 9.17) is 4.99 Å². The molecule has 1 unspecified atom stereocenters. The fourth-order valence-corrected chi connectivity index (χ4v) is 5.29. The van der Waals surface area contributed by atoms with Crippen LogP contribution in [0.2, 0.25) is 0 Å². The highest BCUT2D eigenvalue weighted by Gasteiger charge is 2.33. The zero-order chi connectivity index (χ0) is 24.9. The van der Waals surface area contributed by atoms with Crippen LogP contribution >= 0.6 is 0 Å². The largest absolute Gasteiger partial charge is 0.327 e. The van der Waals surface area contributed by atoms with Crippen LogP contribution in [0.5, 0.6) is 0 Å². The summed E-state index contributed by atoms with van der Waals surface area (Å²) < 4.78 is 0. The molecule has 3 aromatic rings. The van der Waals surface area contributed by atoms with Crippen molar-refractivity contribution in [3.05, 3.63) is 102 Å². The normalized spacial score (nSPS) is 18.3. The number of likely N-dealkylation sites (N-methyl/N-ethyl adjacent to an activating group) is 1. The van der Waals surface area contributed by atoms with E-state index in [0.717, 1.165) is 53.8 Å². The van der Waals surface area contributed by atoms with Crippen LogP contribution in [-0.2, 0) is 4.79 Å². The standard InChI is InChI=1S/C30H32N4O2/c1-34-25-20-12-11-19-24(25)27(23-17-9-4-10-18-23)31-28(29(34)35)33-30(36)32-26(21-13-5-2-6-14-21)22-15-7-3-8-16-22/h2-3,5-8,11-16,19-20,23,26,28H,4,9-10,17-18H2,1H3,(H2,32,33,36). The van der Waals surface area contributed by atoms with Crippen LogP contribution in [0.1, 0.15) is 54.8 Å². The number of fused-ring (bicyclic) bond motifs is 1. The third kappa shape index (κ3) is 5.03. The van der Waals surface area contributed by atoms with Crippen molar-refractivity contribution in [2.75, 3.05) is 11.9 Å². The van der Waals surface area contributed by atoms with Gasteiger partial charge >= 0.3 is 6.03 Å². The van der Waals surface area contributed by atoms with Crippen molar-refractivity contribution in [1.82, 2.24) is 10.6 Å². The monoisotopic (exact) mass is 480 g/mol. The van der Waals surface area contributed by atoms with Gasteiger partial charge in [0.05, 0.1) is 17.4 Å². The van der Waals surface area contributed by atoms with Crippen molar-refractivity contribution in [2.45, 2.75) is 44.3 Å². The third-order valence-corrected chi connectivity index (χ3v) is 7.17. The summed E-state index contributed by atoms with van der Waals surface area (Å²) in [6.07, 6.45) is 4.65. The molecule has 1 aliphatic carbocycles. The maximum atomic E-state index is 13.5. The molecule has 1 aliphatic heterocycles. The summed E-state index contributed by atoms with van der Waals surface area (Å²) in [6, 6.07) is 26.8. The summed E-state index contributed by atoms with van der Waals surface area (Å²) in [5.41, 5.74) is 4.67. The maximum Gasteiger partial charge on any atom is 0.317 e. The van der Waals surface area contributed by atoms with Gasteiger partial charge in [-0.2, -0.15) is 0 Å². The van der Waals surface area contributed by atoms with Gasteiger partial charge in [-0.05, 0) is 30.0 Å². The summed E-state index contributed by atoms with van der Waals surface area (Å²) in [4.78, 5) is 33.3. The minimum atomic E-state index is -0.994. The van der Waals surface area contributed by atoms with E-state index >= 15 is 0 Å². The second-order valence-electron chi connectivity index (χ2n) is 9.54. The molecule has 1 saturated carbocycles. The Morgan fingerprint density at radius 3 is 2.08 bits per heavy atom. The molecule has 0 spiro atoms. The van der Waals surface area contributed by atoms with Crippen LogP contribution in [0, 0.1) is 5.92 Å². The highest BCUT2D eigenvalue weighted by molar-refractivity contribution is 6.13. The molecule has 6 nitrogen and oxygen atoms in total. The number of urea groups is 1. The number of benzodiazepines with no additional fused rings is 1. The Kier molecular flexibility index (Phi) is 7.12. The molecule has 0 radical (unpaired) electrons. The van der Waals surface area contributed by atoms with Crippen molar-refractivity contribution >= 4 is 23.3 Å². The molecule has 2 N–H and O–H groups in total. The number of nitrogens with one attached hydrogen (secondary N) is 2. The number of carbonyl (C=O) groups excluding carboxylic acids is 2. The molecule has 0 aromatic heterocycles. The summed E-state index contributed by atoms with van der Waals surface area (Å²) >= 11 is 0. The Balaban J connectivity index is 1.44. The second-order valence-corrected chi connectivity index (χ2v) is 9.54. The molecule has 1 fully saturated rings. The molecular formula is C30H32N4O2. The Morgan fingerprint density at radius 1 is 0.861 bits per heavy atom. The van der Waals surface area contributed by atoms with Crippen LogP contribution in [0.3, 0.4) is 0 Å². The number of hydrogen-bond donors (Lipinski definition) is 2. The van der Waals surface area contributed by atoms with Crippen molar-refractivity contribution in [1.29, 1.82) is 0 Å². The molecule has 184 valence electrons. The predicted octanol–water partition coefficient (Wildman–Crippen LogP) is 5.45. The Morgan fingerprint density at radius 2 is 1.44 bits per heavy atom. The number of benzene rings is 3. The van der Waals surface area contributed by atoms with Crippen LogP contribution in [-0.4, -0.2) is 30.9 Å². The number of para-hydroxylation sites is 1. The van der Waals surface area contributed by atoms with Crippen LogP contribution < -0.4 is 15.5 Å². The quantitative estimate of drug-likeness (QED) is 0.510. The second kappa shape index (κ2) is 10.8. The van der Waals surface area contributed by atoms with E-state index in [0.29, 0.717) is 0 Å². The first-order chi connectivity index (χ1) is 17.6. The van der Waals surface area contributed by atoms with Crippen LogP contribution in [0.25, 0.3) is 0 Å². The molecule has 0 saturated heterocycles. The van der Waals surface area contributed by atoms with Gasteiger partial charge in [0.2, 0.25) is 6.17 Å². The fourth-order valence-electron chi connectivity index (χ4n) is 5.29. The molecule has 5 rings (SSSR count). The molecule has 36 heavy (non-hydrogen) atoms. The zero-order valence-electron chi connectivity index (χ0n) is 20.6. The van der Waals surface area contributed by atoms with Gasteiger partial charge in [-0.25, -0.2) is 4.79 Å². The summed E-state index contributed by atoms with van der Waals surface area (Å²) in [5, 5.41) is 5.96. The van der Waals surface area contributed by atoms with Gasteiger partial charge in [-0.3, -0.25) is 9.79 Å². The maximum absolute atomic E-state index is 13.5. The van der Waals surface area contributed by atoms with Crippen LogP contribution in [0.4, 0.5) is 10.5 Å². The Bertz CT molecular complexity index is 1200. The summed E-state index contributed by atoms with van der Waals surface area (Å²) in [7, 11) is 1.75. The van der Waals surface area contributed by atoms with Gasteiger partial charge in [-0.15, -0.1) is 0 Å². The molecule has 1 atom stereocenters. The first kappa shape index (κ1) is 23.8. The van der Waals surface area contributed by atoms with E-state index < -0.39 is 12.2 Å². The number of amides is 3. The average Bonchev–Trinajstić information content (AvgIpc) is 3.04. The summed E-state index contributed by atoms with van der Waals surface area (Å²) in [6.45, 7) is 0. The number of aliphatic imine (C=N–C) groups is 1. The molecule has 3 amide bonds. The van der Waals surface area contributed by atoms with Gasteiger partial charge in [-0.1, -0.05) is 98.1 Å². The molecule has 0 bridgehead atoms. The number of rotatable bonds is 5. The first-order valence-electron chi connectivity index (χ1n) is 12.7. The van der Waals surface area contributed by atoms with Gasteiger partial charge in [0.1, 0.15) is 0 Å². The van der Waals surface area contributed by atoms with Crippen LogP contribution in [0.15, 0.2) is 89.9 Å². The average molecular weight is 481 g/mol. The molecule has 6 heteroatoms. The minimum Gasteiger partial charge on any atom is -0.327 e. The SMILES string of the molecule is CN1C(=O)C(NC(=O)NC(c2ccccc2)c2ccccc2)N=C(C2CCCCC2)c2ccccc21. The highest BCUT2D eigenvalue weighted by Crippen LogP contribution is 2.33. The minimum absolute atomic E-state index is 0.251. The lowest BCUT2D eigenvalue weighted by molar-refractivity contribution is -0.119. The van der Waals surface area contributed by atoms with E-state index in [-0.39, 0.29) is 17.9 Å². The van der Waals surface area contributed by atoms with Gasteiger partial charge in [0.15, 0.2) is 0 Å². The highest BCUT2D eigenvalue weighted by atomic mass is 16.2. The van der Waals surface area contributed by atoms with Gasteiger partial charge in [0, 0.05) is 18.5 Å². The van der Waals surface area contributed by atoms with Crippen molar-refractivity contribution < 1.29 is 9.59 Å². The molecular weight excluding hydrogens is 448 g/mol. The predicted molar refractivity (Wildman–Crippen MR) is 143 cm³/mol. The lowest BCUT2D eigenvalue weighted by Crippen LogP contribution is -2.50. The lowest BCUT2D eigenvalue weighted by atomic mass is 9.83. The Hall–Kier alpha value is -3.93. The van der Waals surface area contributed by atoms with Crippen molar-refractivity contribution in [2.24, 2.45) is 10.9 Å². The first-order valence-corrected chi connectivity index (χ1v) is 12.7. The zero-order valence-corrected chi connectivity index (χ0v) is 20.6. The van der Waals surface area contributed by atoms with E-state index in [2.05, 4.69) is 10.6 Å². The third-order valence-electron chi connectivity index (χ3n) is 7.17. The molecule has 1 heterocycles. The number of nitrogens with zero attached hydrogens (tertiary/aromatic N) is 2.